The van der Waals surface area contributed by atoms with Crippen molar-refractivity contribution in [1.82, 2.24) is 34.2 Å². The van der Waals surface area contributed by atoms with E-state index >= 15 is 0 Å². The summed E-state index contributed by atoms with van der Waals surface area (Å²) >= 11 is -1.95. The van der Waals surface area contributed by atoms with E-state index in [9.17, 15) is 4.21 Å². The number of imidazole rings is 1. The van der Waals surface area contributed by atoms with Gasteiger partial charge in [0, 0.05) is 25.5 Å². The highest BCUT2D eigenvalue weighted by Gasteiger charge is 2.31. The van der Waals surface area contributed by atoms with E-state index in [4.69, 9.17) is 14.3 Å². The van der Waals surface area contributed by atoms with Crippen LogP contribution < -0.4 is 9.46 Å². The van der Waals surface area contributed by atoms with Crippen molar-refractivity contribution < 1.29 is 13.5 Å². The van der Waals surface area contributed by atoms with Gasteiger partial charge in [0.2, 0.25) is 17.1 Å². The number of fused-ring (bicyclic) bond motifs is 1. The van der Waals surface area contributed by atoms with E-state index in [0.717, 1.165) is 36.3 Å². The molecule has 0 aromatic carbocycles. The number of aromatic nitrogens is 6. The van der Waals surface area contributed by atoms with Crippen LogP contribution in [0.4, 0.5) is 0 Å². The number of nitrogens with one attached hydrogen (secondary N) is 1. The topological polar surface area (TPSA) is 128 Å². The Morgan fingerprint density at radius 1 is 1.28 bits per heavy atom. The molecule has 1 aliphatic carbocycles. The van der Waals surface area contributed by atoms with Crippen LogP contribution in [0.3, 0.4) is 0 Å². The predicted octanol–water partition coefficient (Wildman–Crippen LogP) is 1.89. The van der Waals surface area contributed by atoms with Crippen molar-refractivity contribution in [3.05, 3.63) is 24.5 Å². The van der Waals surface area contributed by atoms with Gasteiger partial charge < -0.3 is 9.30 Å². The first-order valence-corrected chi connectivity index (χ1v) is 10.7. The predicted molar refractivity (Wildman–Crippen MR) is 107 cm³/mol. The van der Waals surface area contributed by atoms with Gasteiger partial charge in [-0.25, -0.2) is 28.9 Å². The summed E-state index contributed by atoms with van der Waals surface area (Å²) in [5.74, 6) is 2.40. The van der Waals surface area contributed by atoms with Gasteiger partial charge >= 0.3 is 0 Å². The van der Waals surface area contributed by atoms with Crippen LogP contribution in [0, 0.1) is 12.8 Å². The summed E-state index contributed by atoms with van der Waals surface area (Å²) in [5, 5.41) is 0. The molecule has 0 spiro atoms. The van der Waals surface area contributed by atoms with E-state index in [1.54, 1.807) is 12.4 Å². The van der Waals surface area contributed by atoms with Crippen LogP contribution in [0.1, 0.15) is 32.0 Å². The maximum Gasteiger partial charge on any atom is 0.245 e. The molecule has 1 unspecified atom stereocenters. The third-order valence-corrected chi connectivity index (χ3v) is 5.55. The van der Waals surface area contributed by atoms with Crippen LogP contribution in [-0.2, 0) is 17.8 Å². The van der Waals surface area contributed by atoms with Crippen molar-refractivity contribution in [2.24, 2.45) is 5.92 Å². The number of ether oxygens (including phenoxy) is 1. The molecule has 0 saturated heterocycles. The molecule has 3 aromatic rings. The molecule has 1 saturated carbocycles. The van der Waals surface area contributed by atoms with E-state index < -0.39 is 11.3 Å². The SMILES string of the molecule is CCn1c(-c2cnc(C)nc2)nc2c(OC3CC(CCNS(=O)O)C3)ncnc21. The Labute approximate surface area is 170 Å². The Kier molecular flexibility index (Phi) is 5.79. The van der Waals surface area contributed by atoms with Crippen molar-refractivity contribution in [3.63, 3.8) is 0 Å². The summed E-state index contributed by atoms with van der Waals surface area (Å²) in [6.45, 7) is 5.09. The molecular weight excluding hydrogens is 394 g/mol. The smallest absolute Gasteiger partial charge is 0.245 e. The number of aryl methyl sites for hydroxylation is 2. The monoisotopic (exact) mass is 417 g/mol. The Balaban J connectivity index is 1.51. The van der Waals surface area contributed by atoms with Gasteiger partial charge in [0.15, 0.2) is 11.2 Å². The van der Waals surface area contributed by atoms with Gasteiger partial charge in [-0.1, -0.05) is 0 Å². The Bertz CT molecular complexity index is 1020. The normalized spacial score (nSPS) is 19.8. The lowest BCUT2D eigenvalue weighted by Crippen LogP contribution is -2.35. The third-order valence-electron chi connectivity index (χ3n) is 5.10. The van der Waals surface area contributed by atoms with Gasteiger partial charge in [-0.05, 0) is 39.0 Å². The van der Waals surface area contributed by atoms with Crippen LogP contribution in [0.5, 0.6) is 5.88 Å². The molecule has 2 N–H and O–H groups in total. The van der Waals surface area contributed by atoms with E-state index in [1.807, 2.05) is 18.4 Å². The first-order valence-electron chi connectivity index (χ1n) is 9.56. The first-order chi connectivity index (χ1) is 14.0. The van der Waals surface area contributed by atoms with Crippen LogP contribution in [0.25, 0.3) is 22.6 Å². The van der Waals surface area contributed by atoms with E-state index in [2.05, 4.69) is 24.7 Å². The molecule has 0 bridgehead atoms. The average Bonchev–Trinajstić information content (AvgIpc) is 3.05. The number of rotatable bonds is 8. The zero-order chi connectivity index (χ0) is 20.4. The first kappa shape index (κ1) is 19.8. The molecule has 3 heterocycles. The summed E-state index contributed by atoms with van der Waals surface area (Å²) in [7, 11) is 0. The molecule has 10 nitrogen and oxygen atoms in total. The maximum absolute atomic E-state index is 10.6. The van der Waals surface area contributed by atoms with Crippen molar-refractivity contribution >= 4 is 22.4 Å². The number of nitrogens with zero attached hydrogens (tertiary/aromatic N) is 6. The minimum atomic E-state index is -1.95. The second-order valence-electron chi connectivity index (χ2n) is 7.06. The van der Waals surface area contributed by atoms with E-state index in [-0.39, 0.29) is 6.10 Å². The Hall–Kier alpha value is -2.50. The van der Waals surface area contributed by atoms with Crippen LogP contribution in [-0.4, -0.2) is 50.9 Å². The second kappa shape index (κ2) is 8.47. The quantitative estimate of drug-likeness (QED) is 0.532. The lowest BCUT2D eigenvalue weighted by molar-refractivity contribution is 0.0587. The molecule has 4 rings (SSSR count). The van der Waals surface area contributed by atoms with Crippen LogP contribution >= 0.6 is 0 Å². The largest absolute Gasteiger partial charge is 0.473 e. The number of hydrogen-bond donors (Lipinski definition) is 2. The summed E-state index contributed by atoms with van der Waals surface area (Å²) < 4.78 is 30.0. The van der Waals surface area contributed by atoms with Gasteiger partial charge in [-0.3, -0.25) is 4.55 Å². The molecule has 0 amide bonds. The summed E-state index contributed by atoms with van der Waals surface area (Å²) in [6, 6.07) is 0. The van der Waals surface area contributed by atoms with E-state index in [0.29, 0.717) is 36.2 Å². The summed E-state index contributed by atoms with van der Waals surface area (Å²) in [6.07, 6.45) is 7.69. The summed E-state index contributed by atoms with van der Waals surface area (Å²) in [5.41, 5.74) is 2.17. The standard InChI is InChI=1S/C18H23N7O3S/c1-3-25-16(13-8-19-11(2)20-9-13)24-15-17(25)21-10-22-18(15)28-14-6-12(7-14)4-5-23-29(26)27/h8-10,12,14,23H,3-7H2,1-2H3,(H,26,27). The molecule has 29 heavy (non-hydrogen) atoms. The van der Waals surface area contributed by atoms with Crippen LogP contribution in [0.15, 0.2) is 18.7 Å². The van der Waals surface area contributed by atoms with Gasteiger partial charge in [-0.15, -0.1) is 0 Å². The summed E-state index contributed by atoms with van der Waals surface area (Å²) in [4.78, 5) is 22.0. The minimum Gasteiger partial charge on any atom is -0.473 e. The van der Waals surface area contributed by atoms with Crippen molar-refractivity contribution in [1.29, 1.82) is 0 Å². The Morgan fingerprint density at radius 3 is 2.72 bits per heavy atom. The maximum atomic E-state index is 10.6. The Morgan fingerprint density at radius 2 is 2.03 bits per heavy atom. The van der Waals surface area contributed by atoms with Gasteiger partial charge in [0.05, 0.1) is 5.56 Å². The molecular formula is C18H23N7O3S. The zero-order valence-corrected chi connectivity index (χ0v) is 17.1. The van der Waals surface area contributed by atoms with Crippen molar-refractivity contribution in [2.75, 3.05) is 6.54 Å². The lowest BCUT2D eigenvalue weighted by atomic mass is 9.80. The fourth-order valence-electron chi connectivity index (χ4n) is 3.54. The molecule has 1 fully saturated rings. The molecule has 0 radical (unpaired) electrons. The lowest BCUT2D eigenvalue weighted by Gasteiger charge is -2.34. The fourth-order valence-corrected chi connectivity index (χ4v) is 3.84. The fraction of sp³-hybridized carbons (Fsp3) is 0.500. The molecule has 154 valence electrons. The van der Waals surface area contributed by atoms with E-state index in [1.165, 1.54) is 6.33 Å². The third kappa shape index (κ3) is 4.26. The molecule has 1 atom stereocenters. The van der Waals surface area contributed by atoms with Gasteiger partial charge in [0.1, 0.15) is 24.1 Å². The molecule has 0 aliphatic heterocycles. The van der Waals surface area contributed by atoms with Crippen LogP contribution in [0.2, 0.25) is 0 Å². The molecule has 3 aromatic heterocycles. The highest BCUT2D eigenvalue weighted by molar-refractivity contribution is 7.77. The average molecular weight is 417 g/mol. The zero-order valence-electron chi connectivity index (χ0n) is 16.3. The van der Waals surface area contributed by atoms with Crippen molar-refractivity contribution in [3.8, 4) is 17.3 Å². The second-order valence-corrected chi connectivity index (χ2v) is 7.85. The molecule has 11 heteroatoms. The molecule has 1 aliphatic rings. The van der Waals surface area contributed by atoms with Crippen molar-refractivity contribution in [2.45, 2.75) is 45.8 Å². The van der Waals surface area contributed by atoms with Gasteiger partial charge in [-0.2, -0.15) is 4.98 Å². The number of hydrogen-bond acceptors (Lipinski definition) is 7. The highest BCUT2D eigenvalue weighted by Crippen LogP contribution is 2.35. The highest BCUT2D eigenvalue weighted by atomic mass is 32.2. The minimum absolute atomic E-state index is 0.0654. The van der Waals surface area contributed by atoms with Gasteiger partial charge in [0.25, 0.3) is 0 Å².